The van der Waals surface area contributed by atoms with E-state index >= 15 is 0 Å². The van der Waals surface area contributed by atoms with Crippen molar-refractivity contribution in [2.45, 2.75) is 51.7 Å². The lowest BCUT2D eigenvalue weighted by molar-refractivity contribution is -0.0272. The van der Waals surface area contributed by atoms with Crippen molar-refractivity contribution < 1.29 is 9.84 Å². The second-order valence-electron chi connectivity index (χ2n) is 8.99. The number of fused-ring (bicyclic) bond motifs is 1. The van der Waals surface area contributed by atoms with Crippen molar-refractivity contribution in [3.8, 4) is 0 Å². The summed E-state index contributed by atoms with van der Waals surface area (Å²) in [6, 6.07) is 0.697. The standard InChI is InChI=1S/C20H36N2O2/c1-20(2)16-6-5-15(19(20)11-16)13-24-14-18(23)12-22-9-7-17(8-10-22)21(3)4/h5,16-19,23H,6-14H2,1-4H3. The van der Waals surface area contributed by atoms with Gasteiger partial charge in [-0.15, -0.1) is 0 Å². The number of likely N-dealkylation sites (tertiary alicyclic amines) is 1. The number of hydrogen-bond acceptors (Lipinski definition) is 4. The van der Waals surface area contributed by atoms with Gasteiger partial charge in [0.15, 0.2) is 0 Å². The number of aliphatic hydroxyl groups is 1. The number of aliphatic hydroxyl groups excluding tert-OH is 1. The first kappa shape index (κ1) is 18.4. The van der Waals surface area contributed by atoms with Crippen molar-refractivity contribution in [1.29, 1.82) is 0 Å². The molecule has 0 spiro atoms. The highest BCUT2D eigenvalue weighted by atomic mass is 16.5. The third kappa shape index (κ3) is 3.87. The molecule has 4 heteroatoms. The van der Waals surface area contributed by atoms with Crippen molar-refractivity contribution in [1.82, 2.24) is 9.80 Å². The Morgan fingerprint density at radius 3 is 2.62 bits per heavy atom. The highest BCUT2D eigenvalue weighted by Gasteiger charge is 2.50. The number of rotatable bonds is 7. The highest BCUT2D eigenvalue weighted by Crippen LogP contribution is 2.59. The molecule has 1 saturated carbocycles. The van der Waals surface area contributed by atoms with E-state index in [0.29, 0.717) is 30.6 Å². The zero-order chi connectivity index (χ0) is 17.3. The minimum Gasteiger partial charge on any atom is -0.389 e. The lowest BCUT2D eigenvalue weighted by Crippen LogP contribution is -2.49. The van der Waals surface area contributed by atoms with Crippen LogP contribution in [0.4, 0.5) is 0 Å². The summed E-state index contributed by atoms with van der Waals surface area (Å²) in [6.45, 7) is 8.87. The molecular weight excluding hydrogens is 300 g/mol. The van der Waals surface area contributed by atoms with Gasteiger partial charge in [-0.25, -0.2) is 0 Å². The summed E-state index contributed by atoms with van der Waals surface area (Å²) in [5, 5.41) is 10.3. The lowest BCUT2D eigenvalue weighted by Gasteiger charge is -2.56. The summed E-state index contributed by atoms with van der Waals surface area (Å²) in [6.07, 6.45) is 6.98. The van der Waals surface area contributed by atoms with Gasteiger partial charge < -0.3 is 19.6 Å². The van der Waals surface area contributed by atoms with Gasteiger partial charge in [-0.2, -0.15) is 0 Å². The normalized spacial score (nSPS) is 31.7. The maximum absolute atomic E-state index is 10.3. The van der Waals surface area contributed by atoms with E-state index in [4.69, 9.17) is 4.74 Å². The SMILES string of the molecule is CN(C)C1CCN(CC(O)COCC2=CCC3CC2C3(C)C)CC1. The average molecular weight is 337 g/mol. The fraction of sp³-hybridized carbons (Fsp3) is 0.900. The van der Waals surface area contributed by atoms with Crippen LogP contribution in [-0.2, 0) is 4.74 Å². The van der Waals surface area contributed by atoms with E-state index in [2.05, 4.69) is 43.8 Å². The summed E-state index contributed by atoms with van der Waals surface area (Å²) < 4.78 is 5.87. The van der Waals surface area contributed by atoms with Gasteiger partial charge in [0.05, 0.1) is 19.3 Å². The molecule has 138 valence electrons. The summed E-state index contributed by atoms with van der Waals surface area (Å²) in [5.41, 5.74) is 1.93. The van der Waals surface area contributed by atoms with E-state index in [1.807, 2.05) is 0 Å². The zero-order valence-corrected chi connectivity index (χ0v) is 16.0. The topological polar surface area (TPSA) is 35.9 Å². The molecule has 3 atom stereocenters. The Morgan fingerprint density at radius 2 is 2.04 bits per heavy atom. The van der Waals surface area contributed by atoms with Crippen molar-refractivity contribution in [2.75, 3.05) is 46.9 Å². The molecule has 1 saturated heterocycles. The highest BCUT2D eigenvalue weighted by molar-refractivity contribution is 5.23. The van der Waals surface area contributed by atoms with Gasteiger partial charge >= 0.3 is 0 Å². The maximum atomic E-state index is 10.3. The Morgan fingerprint density at radius 1 is 1.33 bits per heavy atom. The van der Waals surface area contributed by atoms with Crippen LogP contribution in [0.1, 0.15) is 39.5 Å². The molecule has 3 aliphatic carbocycles. The van der Waals surface area contributed by atoms with Gasteiger partial charge in [0.25, 0.3) is 0 Å². The molecule has 4 nitrogen and oxygen atoms in total. The van der Waals surface area contributed by atoms with Gasteiger partial charge in [0, 0.05) is 12.6 Å². The van der Waals surface area contributed by atoms with E-state index in [9.17, 15) is 5.11 Å². The van der Waals surface area contributed by atoms with Crippen LogP contribution in [0.5, 0.6) is 0 Å². The average Bonchev–Trinajstić information content (AvgIpc) is 2.55. The van der Waals surface area contributed by atoms with Crippen molar-refractivity contribution >= 4 is 0 Å². The van der Waals surface area contributed by atoms with Crippen LogP contribution in [0.2, 0.25) is 0 Å². The molecule has 2 bridgehead atoms. The van der Waals surface area contributed by atoms with E-state index < -0.39 is 0 Å². The minimum atomic E-state index is -0.368. The van der Waals surface area contributed by atoms with Gasteiger partial charge in [0.1, 0.15) is 0 Å². The number of piperidine rings is 1. The minimum absolute atomic E-state index is 0.368. The Bertz CT molecular complexity index is 453. The first-order valence-electron chi connectivity index (χ1n) is 9.71. The van der Waals surface area contributed by atoms with Crippen LogP contribution in [0.15, 0.2) is 11.6 Å². The van der Waals surface area contributed by atoms with Crippen molar-refractivity contribution in [2.24, 2.45) is 17.3 Å². The summed E-state index contributed by atoms with van der Waals surface area (Å²) in [7, 11) is 4.32. The van der Waals surface area contributed by atoms with Crippen LogP contribution in [0.3, 0.4) is 0 Å². The van der Waals surface area contributed by atoms with Crippen LogP contribution >= 0.6 is 0 Å². The monoisotopic (exact) mass is 336 g/mol. The molecule has 0 radical (unpaired) electrons. The van der Waals surface area contributed by atoms with Crippen LogP contribution in [0, 0.1) is 17.3 Å². The molecule has 4 rings (SSSR count). The first-order valence-corrected chi connectivity index (χ1v) is 9.71. The second kappa shape index (κ2) is 7.45. The fourth-order valence-corrected chi connectivity index (χ4v) is 4.92. The number of hydrogen-bond donors (Lipinski definition) is 1. The van der Waals surface area contributed by atoms with Crippen LogP contribution in [-0.4, -0.2) is 74.0 Å². The Hall–Kier alpha value is -0.420. The Kier molecular flexibility index (Phi) is 5.70. The third-order valence-corrected chi connectivity index (χ3v) is 6.92. The van der Waals surface area contributed by atoms with Crippen LogP contribution in [0.25, 0.3) is 0 Å². The molecular formula is C20H36N2O2. The quantitative estimate of drug-likeness (QED) is 0.724. The summed E-state index contributed by atoms with van der Waals surface area (Å²) in [4.78, 5) is 4.70. The zero-order valence-electron chi connectivity index (χ0n) is 16.0. The molecule has 0 aromatic carbocycles. The Balaban J connectivity index is 1.34. The van der Waals surface area contributed by atoms with Gasteiger partial charge in [-0.05, 0) is 75.7 Å². The van der Waals surface area contributed by atoms with Crippen molar-refractivity contribution in [3.05, 3.63) is 11.6 Å². The van der Waals surface area contributed by atoms with E-state index in [1.54, 1.807) is 0 Å². The van der Waals surface area contributed by atoms with E-state index in [0.717, 1.165) is 25.6 Å². The molecule has 3 unspecified atom stereocenters. The predicted octanol–water partition coefficient (Wildman–Crippen LogP) is 2.38. The number of β-amino-alcohol motifs (C(OH)–C–C–N with tert-alkyl or cyclic N) is 1. The Labute approximate surface area is 147 Å². The van der Waals surface area contributed by atoms with Crippen LogP contribution < -0.4 is 0 Å². The summed E-state index contributed by atoms with van der Waals surface area (Å²) >= 11 is 0. The molecule has 1 aliphatic heterocycles. The van der Waals surface area contributed by atoms with Gasteiger partial charge in [0.2, 0.25) is 0 Å². The molecule has 24 heavy (non-hydrogen) atoms. The smallest absolute Gasteiger partial charge is 0.0900 e. The third-order valence-electron chi connectivity index (χ3n) is 6.92. The number of nitrogens with zero attached hydrogens (tertiary/aromatic N) is 2. The second-order valence-corrected chi connectivity index (χ2v) is 8.99. The molecule has 1 N–H and O–H groups in total. The van der Waals surface area contributed by atoms with Crippen molar-refractivity contribution in [3.63, 3.8) is 0 Å². The number of allylic oxidation sites excluding steroid dienone is 1. The van der Waals surface area contributed by atoms with Gasteiger partial charge in [-0.1, -0.05) is 19.9 Å². The molecule has 0 aromatic heterocycles. The first-order chi connectivity index (χ1) is 11.4. The lowest BCUT2D eigenvalue weighted by atomic mass is 9.49. The molecule has 2 fully saturated rings. The molecule has 1 heterocycles. The molecule has 0 aromatic rings. The fourth-order valence-electron chi connectivity index (χ4n) is 4.92. The molecule has 0 amide bonds. The summed E-state index contributed by atoms with van der Waals surface area (Å²) in [5.74, 6) is 1.58. The van der Waals surface area contributed by atoms with E-state index in [1.165, 1.54) is 31.3 Å². The maximum Gasteiger partial charge on any atom is 0.0900 e. The largest absolute Gasteiger partial charge is 0.389 e. The predicted molar refractivity (Wildman–Crippen MR) is 98.1 cm³/mol. The number of ether oxygens (including phenoxy) is 1. The van der Waals surface area contributed by atoms with Gasteiger partial charge in [-0.3, -0.25) is 0 Å². The van der Waals surface area contributed by atoms with E-state index in [-0.39, 0.29) is 6.10 Å². The molecule has 4 aliphatic rings.